The Morgan fingerprint density at radius 3 is 2.60 bits per heavy atom. The quantitative estimate of drug-likeness (QED) is 0.509. The summed E-state index contributed by atoms with van der Waals surface area (Å²) in [5.74, 6) is 0.638. The summed E-state index contributed by atoms with van der Waals surface area (Å²) in [6, 6.07) is 11.3. The fraction of sp³-hybridized carbons (Fsp3) is 0.200. The van der Waals surface area contributed by atoms with Crippen LogP contribution in [-0.4, -0.2) is 25.5 Å². The number of carbonyl (C=O) groups excluding carboxylic acids is 1. The van der Waals surface area contributed by atoms with Crippen molar-refractivity contribution in [3.05, 3.63) is 52.2 Å². The molecule has 2 aromatic rings. The summed E-state index contributed by atoms with van der Waals surface area (Å²) in [4.78, 5) is 15.8. The first-order chi connectivity index (χ1) is 9.74. The van der Waals surface area contributed by atoms with Gasteiger partial charge in [0.2, 0.25) is 0 Å². The summed E-state index contributed by atoms with van der Waals surface area (Å²) in [7, 11) is 1.87. The fourth-order valence-electron chi connectivity index (χ4n) is 1.72. The summed E-state index contributed by atoms with van der Waals surface area (Å²) < 4.78 is 4.95. The maximum absolute atomic E-state index is 11.6. The van der Waals surface area contributed by atoms with Crippen molar-refractivity contribution >= 4 is 28.8 Å². The Hall–Kier alpha value is -2.14. The Bertz CT molecular complexity index is 589. The average Bonchev–Trinajstić information content (AvgIpc) is 2.99. The van der Waals surface area contributed by atoms with E-state index in [-0.39, 0.29) is 5.97 Å². The molecular weight excluding hydrogens is 272 g/mol. The van der Waals surface area contributed by atoms with Gasteiger partial charge in [0.25, 0.3) is 5.84 Å². The topological polar surface area (TPSA) is 52.3 Å². The van der Waals surface area contributed by atoms with Crippen molar-refractivity contribution in [1.29, 1.82) is 0 Å². The summed E-state index contributed by atoms with van der Waals surface area (Å²) in [6.45, 7) is 2.18. The van der Waals surface area contributed by atoms with Gasteiger partial charge in [-0.1, -0.05) is 6.07 Å². The molecule has 0 saturated heterocycles. The van der Waals surface area contributed by atoms with Crippen LogP contribution in [0, 0.1) is 0 Å². The number of hydrogen-bond donors (Lipinski definition) is 2. The molecule has 2 rings (SSSR count). The van der Waals surface area contributed by atoms with Gasteiger partial charge in [-0.05, 0) is 42.6 Å². The maximum atomic E-state index is 11.6. The second-order valence-corrected chi connectivity index (χ2v) is 4.97. The third-order valence-corrected chi connectivity index (χ3v) is 3.57. The molecule has 20 heavy (non-hydrogen) atoms. The van der Waals surface area contributed by atoms with Gasteiger partial charge in [0.05, 0.1) is 19.2 Å². The Labute approximate surface area is 122 Å². The third kappa shape index (κ3) is 3.45. The third-order valence-electron chi connectivity index (χ3n) is 2.68. The molecule has 4 nitrogen and oxygen atoms in total. The number of ether oxygens (including phenoxy) is 1. The number of carbonyl (C=O) groups is 1. The van der Waals surface area contributed by atoms with Gasteiger partial charge in [-0.3, -0.25) is 4.99 Å². The summed E-state index contributed by atoms with van der Waals surface area (Å²) in [6.07, 6.45) is 0. The Kier molecular flexibility index (Phi) is 4.90. The second-order valence-electron chi connectivity index (χ2n) is 4.03. The monoisotopic (exact) mass is 289 g/mol. The van der Waals surface area contributed by atoms with Crippen LogP contribution in [0.25, 0.3) is 0 Å². The highest BCUT2D eigenvalue weighted by Gasteiger charge is 2.12. The number of rotatable bonds is 4. The van der Waals surface area contributed by atoms with Crippen LogP contribution in [0.5, 0.6) is 0 Å². The molecular formula is C15H17N2O2S+. The molecule has 1 aromatic heterocycles. The highest BCUT2D eigenvalue weighted by Crippen LogP contribution is 2.13. The minimum Gasteiger partial charge on any atom is -0.462 e. The lowest BCUT2D eigenvalue weighted by Gasteiger charge is -2.03. The van der Waals surface area contributed by atoms with Crippen LogP contribution in [-0.2, 0) is 4.74 Å². The number of nitrogens with one attached hydrogen (secondary N) is 2. The normalized spacial score (nSPS) is 11.2. The highest BCUT2D eigenvalue weighted by atomic mass is 32.1. The lowest BCUT2D eigenvalue weighted by atomic mass is 10.2. The van der Waals surface area contributed by atoms with Crippen molar-refractivity contribution in [1.82, 2.24) is 0 Å². The highest BCUT2D eigenvalue weighted by molar-refractivity contribution is 7.12. The van der Waals surface area contributed by atoms with Gasteiger partial charge in [0.15, 0.2) is 0 Å². The molecule has 0 atom stereocenters. The van der Waals surface area contributed by atoms with E-state index in [1.807, 2.05) is 36.7 Å². The van der Waals surface area contributed by atoms with Gasteiger partial charge in [-0.2, -0.15) is 0 Å². The number of thiophene rings is 1. The molecule has 0 amide bonds. The van der Waals surface area contributed by atoms with E-state index in [1.54, 1.807) is 30.4 Å². The van der Waals surface area contributed by atoms with Crippen molar-refractivity contribution in [2.45, 2.75) is 6.92 Å². The van der Waals surface area contributed by atoms with Crippen molar-refractivity contribution < 1.29 is 14.5 Å². The Morgan fingerprint density at radius 2 is 2.05 bits per heavy atom. The SMILES string of the molecule is CCOC(=O)c1ccc(NC(=[NH+]C)c2cccs2)cc1. The van der Waals surface area contributed by atoms with Gasteiger partial charge < -0.3 is 4.74 Å². The van der Waals surface area contributed by atoms with Crippen LogP contribution in [0.3, 0.4) is 0 Å². The maximum Gasteiger partial charge on any atom is 0.338 e. The van der Waals surface area contributed by atoms with E-state index in [1.165, 1.54) is 0 Å². The van der Waals surface area contributed by atoms with Gasteiger partial charge in [0.1, 0.15) is 10.6 Å². The van der Waals surface area contributed by atoms with Crippen LogP contribution in [0.15, 0.2) is 41.8 Å². The Balaban J connectivity index is 2.09. The molecule has 0 aliphatic rings. The molecule has 104 valence electrons. The van der Waals surface area contributed by atoms with E-state index in [2.05, 4.69) is 10.3 Å². The lowest BCUT2D eigenvalue weighted by Crippen LogP contribution is -2.70. The van der Waals surface area contributed by atoms with Crippen LogP contribution < -0.4 is 10.3 Å². The largest absolute Gasteiger partial charge is 0.462 e. The molecule has 5 heteroatoms. The number of benzene rings is 1. The summed E-state index contributed by atoms with van der Waals surface area (Å²) in [5.41, 5.74) is 1.47. The number of amidine groups is 1. The average molecular weight is 289 g/mol. The first-order valence-electron chi connectivity index (χ1n) is 6.37. The lowest BCUT2D eigenvalue weighted by molar-refractivity contribution is -0.418. The molecule has 0 aliphatic carbocycles. The molecule has 2 N–H and O–H groups in total. The van der Waals surface area contributed by atoms with E-state index in [9.17, 15) is 4.79 Å². The minimum atomic E-state index is -0.296. The van der Waals surface area contributed by atoms with E-state index >= 15 is 0 Å². The standard InChI is InChI=1S/C15H16N2O2S/c1-3-19-15(18)11-6-8-12(9-7-11)17-14(16-2)13-5-4-10-20-13/h4-10H,3H2,1-2H3,(H,16,17)/p+1. The molecule has 1 heterocycles. The molecule has 0 aliphatic heterocycles. The number of anilines is 1. The predicted molar refractivity (Wildman–Crippen MR) is 81.3 cm³/mol. The molecule has 0 radical (unpaired) electrons. The van der Waals surface area contributed by atoms with Gasteiger partial charge in [0, 0.05) is 0 Å². The summed E-state index contributed by atoms with van der Waals surface area (Å²) >= 11 is 1.65. The fourth-order valence-corrected chi connectivity index (χ4v) is 2.45. The predicted octanol–water partition coefficient (Wildman–Crippen LogP) is 1.49. The second kappa shape index (κ2) is 6.86. The van der Waals surface area contributed by atoms with E-state index in [0.717, 1.165) is 16.4 Å². The number of hydrogen-bond acceptors (Lipinski definition) is 3. The van der Waals surface area contributed by atoms with Crippen LogP contribution in [0.1, 0.15) is 22.2 Å². The first-order valence-corrected chi connectivity index (χ1v) is 7.25. The van der Waals surface area contributed by atoms with E-state index in [4.69, 9.17) is 4.74 Å². The molecule has 0 unspecified atom stereocenters. The molecule has 0 fully saturated rings. The summed E-state index contributed by atoms with van der Waals surface area (Å²) in [5, 5.41) is 5.32. The molecule has 0 bridgehead atoms. The zero-order valence-corrected chi connectivity index (χ0v) is 12.3. The first kappa shape index (κ1) is 14.3. The zero-order valence-electron chi connectivity index (χ0n) is 11.5. The van der Waals surface area contributed by atoms with Crippen LogP contribution in [0.4, 0.5) is 5.69 Å². The van der Waals surface area contributed by atoms with Gasteiger partial charge in [-0.15, -0.1) is 11.3 Å². The molecule has 0 spiro atoms. The van der Waals surface area contributed by atoms with Crippen molar-refractivity contribution in [2.75, 3.05) is 19.0 Å². The van der Waals surface area contributed by atoms with E-state index in [0.29, 0.717) is 12.2 Å². The molecule has 1 aromatic carbocycles. The minimum absolute atomic E-state index is 0.296. The Morgan fingerprint density at radius 1 is 1.30 bits per heavy atom. The smallest absolute Gasteiger partial charge is 0.338 e. The van der Waals surface area contributed by atoms with Gasteiger partial charge >= 0.3 is 5.97 Å². The van der Waals surface area contributed by atoms with Crippen molar-refractivity contribution in [3.63, 3.8) is 0 Å². The number of esters is 1. The van der Waals surface area contributed by atoms with Crippen LogP contribution in [0.2, 0.25) is 0 Å². The van der Waals surface area contributed by atoms with Crippen LogP contribution >= 0.6 is 11.3 Å². The molecule has 0 saturated carbocycles. The zero-order chi connectivity index (χ0) is 14.4. The van der Waals surface area contributed by atoms with E-state index < -0.39 is 0 Å². The van der Waals surface area contributed by atoms with Crippen molar-refractivity contribution in [3.8, 4) is 0 Å². The van der Waals surface area contributed by atoms with Crippen molar-refractivity contribution in [2.24, 2.45) is 0 Å². The van der Waals surface area contributed by atoms with Gasteiger partial charge in [-0.25, -0.2) is 10.1 Å².